The van der Waals surface area contributed by atoms with Gasteiger partial charge in [0.25, 0.3) is 0 Å². The highest BCUT2D eigenvalue weighted by atomic mass is 19.1. The third kappa shape index (κ3) is 7.85. The number of hydrogen-bond donors (Lipinski definition) is 3. The van der Waals surface area contributed by atoms with Crippen molar-refractivity contribution in [3.05, 3.63) is 41.3 Å². The van der Waals surface area contributed by atoms with E-state index in [1.807, 2.05) is 6.92 Å². The molecule has 32 heavy (non-hydrogen) atoms. The number of hydrogen-bond acceptors (Lipinski definition) is 5. The highest BCUT2D eigenvalue weighted by Crippen LogP contribution is 2.21. The summed E-state index contributed by atoms with van der Waals surface area (Å²) in [4.78, 5) is 4.59. The van der Waals surface area contributed by atoms with Crippen molar-refractivity contribution in [3.63, 3.8) is 0 Å². The van der Waals surface area contributed by atoms with E-state index in [1.54, 1.807) is 12.1 Å². The lowest BCUT2D eigenvalue weighted by Crippen LogP contribution is -2.38. The van der Waals surface area contributed by atoms with Crippen molar-refractivity contribution in [2.45, 2.75) is 46.0 Å². The molecule has 1 aromatic heterocycles. The second kappa shape index (κ2) is 14.0. The van der Waals surface area contributed by atoms with Gasteiger partial charge in [0.1, 0.15) is 23.3 Å². The Morgan fingerprint density at radius 2 is 1.94 bits per heavy atom. The minimum Gasteiger partial charge on any atom is -0.382 e. The Morgan fingerprint density at radius 3 is 2.62 bits per heavy atom. The molecule has 0 aliphatic carbocycles. The van der Waals surface area contributed by atoms with E-state index >= 15 is 0 Å². The van der Waals surface area contributed by atoms with E-state index in [9.17, 15) is 9.65 Å². The highest BCUT2D eigenvalue weighted by molar-refractivity contribution is 5.79. The molecule has 0 saturated carbocycles. The topological polar surface area (TPSA) is 113 Å². The van der Waals surface area contributed by atoms with Crippen LogP contribution in [0.5, 0.6) is 0 Å². The average Bonchev–Trinajstić information content (AvgIpc) is 3.11. The van der Waals surface area contributed by atoms with Crippen LogP contribution in [-0.4, -0.2) is 48.6 Å². The lowest BCUT2D eigenvalue weighted by atomic mass is 10.1. The van der Waals surface area contributed by atoms with Crippen molar-refractivity contribution in [3.8, 4) is 11.8 Å². The largest absolute Gasteiger partial charge is 0.382 e. The van der Waals surface area contributed by atoms with Gasteiger partial charge in [0, 0.05) is 32.8 Å². The summed E-state index contributed by atoms with van der Waals surface area (Å²) in [6, 6.07) is 7.97. The second-order valence-corrected chi connectivity index (χ2v) is 7.32. The summed E-state index contributed by atoms with van der Waals surface area (Å²) in [6.45, 7) is 7.87. The number of aromatic nitrogens is 2. The first-order chi connectivity index (χ1) is 15.6. The zero-order valence-electron chi connectivity index (χ0n) is 19.0. The van der Waals surface area contributed by atoms with Gasteiger partial charge in [-0.3, -0.25) is 4.99 Å². The summed E-state index contributed by atoms with van der Waals surface area (Å²) in [6.07, 6.45) is 4.43. The fourth-order valence-corrected chi connectivity index (χ4v) is 3.06. The van der Waals surface area contributed by atoms with E-state index < -0.39 is 0 Å². The molecule has 0 radical (unpaired) electrons. The molecule has 1 heterocycles. The minimum atomic E-state index is -0.341. The maximum Gasteiger partial charge on any atom is 0.191 e. The Balaban J connectivity index is 1.87. The molecule has 4 N–H and O–H groups in total. The van der Waals surface area contributed by atoms with Crippen LogP contribution in [0.25, 0.3) is 5.69 Å². The van der Waals surface area contributed by atoms with Crippen LogP contribution < -0.4 is 16.4 Å². The van der Waals surface area contributed by atoms with E-state index in [2.05, 4.69) is 33.7 Å². The summed E-state index contributed by atoms with van der Waals surface area (Å²) < 4.78 is 20.2. The maximum absolute atomic E-state index is 13.2. The van der Waals surface area contributed by atoms with Crippen molar-refractivity contribution in [2.75, 3.05) is 38.6 Å². The Labute approximate surface area is 189 Å². The molecule has 2 aromatic rings. The number of halogens is 1. The number of nitrogens with one attached hydrogen (secondary N) is 2. The molecule has 0 unspecified atom stereocenters. The molecule has 1 aromatic carbocycles. The smallest absolute Gasteiger partial charge is 0.191 e. The monoisotopic (exact) mass is 443 g/mol. The number of anilines is 1. The second-order valence-electron chi connectivity index (χ2n) is 7.32. The van der Waals surface area contributed by atoms with Gasteiger partial charge in [-0.1, -0.05) is 13.3 Å². The lowest BCUT2D eigenvalue weighted by molar-refractivity contribution is 0.129. The van der Waals surface area contributed by atoms with E-state index in [-0.39, 0.29) is 11.6 Å². The molecule has 0 atom stereocenters. The van der Waals surface area contributed by atoms with Gasteiger partial charge in [0.2, 0.25) is 0 Å². The maximum atomic E-state index is 13.2. The van der Waals surface area contributed by atoms with Gasteiger partial charge in [-0.15, -0.1) is 0 Å². The summed E-state index contributed by atoms with van der Waals surface area (Å²) >= 11 is 0. The van der Waals surface area contributed by atoms with Gasteiger partial charge >= 0.3 is 0 Å². The number of nitrogens with zero attached hydrogens (tertiary/aromatic N) is 4. The first kappa shape index (κ1) is 25.1. The average molecular weight is 444 g/mol. The zero-order chi connectivity index (χ0) is 23.2. The van der Waals surface area contributed by atoms with Crippen molar-refractivity contribution in [1.82, 2.24) is 20.4 Å². The molecular weight excluding hydrogens is 409 g/mol. The summed E-state index contributed by atoms with van der Waals surface area (Å²) in [5.74, 6) is 0.680. The molecule has 0 spiro atoms. The van der Waals surface area contributed by atoms with Crippen molar-refractivity contribution in [2.24, 2.45) is 4.99 Å². The number of rotatable bonds is 13. The van der Waals surface area contributed by atoms with Crippen molar-refractivity contribution in [1.29, 1.82) is 5.26 Å². The highest BCUT2D eigenvalue weighted by Gasteiger charge is 2.16. The quantitative estimate of drug-likeness (QED) is 0.249. The van der Waals surface area contributed by atoms with Gasteiger partial charge in [-0.2, -0.15) is 10.4 Å². The third-order valence-corrected chi connectivity index (χ3v) is 4.76. The van der Waals surface area contributed by atoms with E-state index in [4.69, 9.17) is 10.5 Å². The van der Waals surface area contributed by atoms with Crippen molar-refractivity contribution < 1.29 is 9.13 Å². The molecule has 0 aliphatic heterocycles. The van der Waals surface area contributed by atoms with Gasteiger partial charge in [0.15, 0.2) is 5.96 Å². The molecule has 0 bridgehead atoms. The number of aliphatic imine (C=N–C) groups is 1. The van der Waals surface area contributed by atoms with Crippen LogP contribution in [0.15, 0.2) is 29.3 Å². The standard InChI is InChI=1S/C23H34FN7O/c1-3-5-15-32-16-7-14-29-23(27-4-2)28-13-6-8-21-20(17-25)22(26)31(30-21)19-11-9-18(24)10-12-19/h9-12H,3-8,13-16,26H2,1-2H3,(H2,27,28,29). The van der Waals surface area contributed by atoms with Gasteiger partial charge in [-0.25, -0.2) is 9.07 Å². The number of nitriles is 1. The zero-order valence-corrected chi connectivity index (χ0v) is 19.0. The van der Waals surface area contributed by atoms with Crippen LogP contribution in [0, 0.1) is 17.1 Å². The molecule has 2 rings (SSSR count). The molecular formula is C23H34FN7O. The third-order valence-electron chi connectivity index (χ3n) is 4.76. The first-order valence-corrected chi connectivity index (χ1v) is 11.2. The molecule has 174 valence electrons. The molecule has 0 fully saturated rings. The predicted octanol–water partition coefficient (Wildman–Crippen LogP) is 3.16. The summed E-state index contributed by atoms with van der Waals surface area (Å²) in [7, 11) is 0. The Bertz CT molecular complexity index is 887. The predicted molar refractivity (Wildman–Crippen MR) is 125 cm³/mol. The molecule has 9 heteroatoms. The lowest BCUT2D eigenvalue weighted by Gasteiger charge is -2.11. The minimum absolute atomic E-state index is 0.258. The van der Waals surface area contributed by atoms with Crippen molar-refractivity contribution >= 4 is 11.8 Å². The fraction of sp³-hybridized carbons (Fsp3) is 0.522. The van der Waals surface area contributed by atoms with Crippen LogP contribution in [0.3, 0.4) is 0 Å². The van der Waals surface area contributed by atoms with Gasteiger partial charge in [-0.05, 0) is 56.9 Å². The number of guanidine groups is 1. The van der Waals surface area contributed by atoms with Crippen LogP contribution in [0.2, 0.25) is 0 Å². The molecule has 0 aliphatic rings. The van der Waals surface area contributed by atoms with Gasteiger partial charge in [0.05, 0.1) is 11.4 Å². The van der Waals surface area contributed by atoms with E-state index in [0.717, 1.165) is 51.5 Å². The summed E-state index contributed by atoms with van der Waals surface area (Å²) in [5.41, 5.74) is 7.69. The number of ether oxygens (including phenoxy) is 1. The molecule has 0 saturated heterocycles. The van der Waals surface area contributed by atoms with Gasteiger partial charge < -0.3 is 21.1 Å². The Morgan fingerprint density at radius 1 is 1.19 bits per heavy atom. The summed E-state index contributed by atoms with van der Waals surface area (Å²) in [5, 5.41) is 20.5. The number of benzene rings is 1. The first-order valence-electron chi connectivity index (χ1n) is 11.2. The normalized spacial score (nSPS) is 11.4. The fourth-order valence-electron chi connectivity index (χ4n) is 3.06. The van der Waals surface area contributed by atoms with E-state index in [1.165, 1.54) is 16.8 Å². The Kier molecular flexibility index (Phi) is 11.0. The number of aryl methyl sites for hydroxylation is 1. The molecule has 8 nitrogen and oxygen atoms in total. The van der Waals surface area contributed by atoms with Crippen LogP contribution in [0.1, 0.15) is 50.8 Å². The number of nitrogen functional groups attached to an aromatic ring is 1. The molecule has 0 amide bonds. The Hall–Kier alpha value is -3.12. The SMILES string of the molecule is CCCCOCCCNC(=NCCCc1nn(-c2ccc(F)cc2)c(N)c1C#N)NCC. The number of unbranched alkanes of at least 4 members (excludes halogenated alkanes) is 1. The van der Waals surface area contributed by atoms with Crippen LogP contribution >= 0.6 is 0 Å². The van der Waals surface area contributed by atoms with E-state index in [0.29, 0.717) is 36.3 Å². The van der Waals surface area contributed by atoms with Crippen LogP contribution in [-0.2, 0) is 11.2 Å². The number of nitrogens with two attached hydrogens (primary N) is 1. The van der Waals surface area contributed by atoms with Crippen LogP contribution in [0.4, 0.5) is 10.2 Å².